The summed E-state index contributed by atoms with van der Waals surface area (Å²) in [4.78, 5) is 28.4. The summed E-state index contributed by atoms with van der Waals surface area (Å²) in [6, 6.07) is 12.1. The number of aromatic nitrogens is 1. The van der Waals surface area contributed by atoms with Crippen LogP contribution in [0.2, 0.25) is 0 Å². The number of carbonyl (C=O) groups is 1. The molecule has 0 radical (unpaired) electrons. The lowest BCUT2D eigenvalue weighted by Gasteiger charge is -2.09. The summed E-state index contributed by atoms with van der Waals surface area (Å²) < 4.78 is 12.3. The maximum absolute atomic E-state index is 12.5. The van der Waals surface area contributed by atoms with Crippen LogP contribution in [-0.2, 0) is 0 Å². The van der Waals surface area contributed by atoms with Gasteiger partial charge in [-0.15, -0.1) is 0 Å². The highest BCUT2D eigenvalue weighted by Crippen LogP contribution is 2.22. The van der Waals surface area contributed by atoms with Gasteiger partial charge in [-0.05, 0) is 50.6 Å². The topological polar surface area (TPSA) is 73.8 Å². The van der Waals surface area contributed by atoms with Crippen molar-refractivity contribution in [2.45, 2.75) is 26.8 Å². The van der Waals surface area contributed by atoms with Crippen LogP contribution in [0.5, 0.6) is 5.75 Å². The Kier molecular flexibility index (Phi) is 5.02. The number of carbonyl (C=O) groups excluding carboxylic acids is 1. The van der Waals surface area contributed by atoms with E-state index < -0.39 is 5.63 Å². The molecule has 1 aromatic carbocycles. The molecule has 0 saturated carbocycles. The number of hydrogen-bond donors (Lipinski definition) is 0. The number of hydrogen-bond acceptors (Lipinski definition) is 5. The van der Waals surface area contributed by atoms with E-state index in [1.54, 1.807) is 30.5 Å². The lowest BCUT2D eigenvalue weighted by Crippen LogP contribution is -2.31. The van der Waals surface area contributed by atoms with Crippen LogP contribution in [0.25, 0.3) is 11.0 Å². The van der Waals surface area contributed by atoms with Crippen molar-refractivity contribution in [3.8, 4) is 5.75 Å². The monoisotopic (exact) mass is 352 g/mol. The van der Waals surface area contributed by atoms with Crippen LogP contribution in [0, 0.1) is 6.92 Å². The molecule has 26 heavy (non-hydrogen) atoms. The van der Waals surface area contributed by atoms with Gasteiger partial charge < -0.3 is 9.15 Å². The zero-order valence-corrected chi connectivity index (χ0v) is 14.9. The van der Waals surface area contributed by atoms with Crippen LogP contribution in [0.4, 0.5) is 0 Å². The molecule has 3 rings (SSSR count). The second kappa shape index (κ2) is 7.39. The molecule has 0 aliphatic heterocycles. The average molecular weight is 352 g/mol. The first-order valence-electron chi connectivity index (χ1n) is 8.36. The average Bonchev–Trinajstić information content (AvgIpc) is 2.59. The Balaban J connectivity index is 1.83. The van der Waals surface area contributed by atoms with Crippen molar-refractivity contribution in [2.75, 3.05) is 6.61 Å². The van der Waals surface area contributed by atoms with E-state index in [1.165, 1.54) is 10.6 Å². The summed E-state index contributed by atoms with van der Waals surface area (Å²) >= 11 is 0. The molecule has 0 aliphatic carbocycles. The highest BCUT2D eigenvalue weighted by molar-refractivity contribution is 5.82. The van der Waals surface area contributed by atoms with Crippen LogP contribution >= 0.6 is 0 Å². The van der Waals surface area contributed by atoms with E-state index in [9.17, 15) is 9.59 Å². The molecular formula is C20H20N2O4. The van der Waals surface area contributed by atoms with Gasteiger partial charge in [-0.2, -0.15) is 0 Å². The molecule has 3 aromatic rings. The van der Waals surface area contributed by atoms with Crippen molar-refractivity contribution >= 4 is 16.9 Å². The fourth-order valence-corrected chi connectivity index (χ4v) is 2.62. The highest BCUT2D eigenvalue weighted by atomic mass is 16.5. The van der Waals surface area contributed by atoms with Crippen LogP contribution < -0.4 is 15.9 Å². The third kappa shape index (κ3) is 3.91. The third-order valence-electron chi connectivity index (χ3n) is 3.78. The first kappa shape index (κ1) is 17.7. The molecule has 0 bridgehead atoms. The van der Waals surface area contributed by atoms with Gasteiger partial charge in [0, 0.05) is 29.8 Å². The van der Waals surface area contributed by atoms with Gasteiger partial charge in [0.05, 0.1) is 0 Å². The summed E-state index contributed by atoms with van der Waals surface area (Å²) in [5, 5.41) is 0.832. The van der Waals surface area contributed by atoms with E-state index >= 15 is 0 Å². The smallest absolute Gasteiger partial charge is 0.336 e. The minimum atomic E-state index is -0.414. The summed E-state index contributed by atoms with van der Waals surface area (Å²) in [5.74, 6) is 0.217. The zero-order chi connectivity index (χ0) is 18.7. The summed E-state index contributed by atoms with van der Waals surface area (Å²) in [6.45, 7) is 5.58. The lowest BCUT2D eigenvalue weighted by molar-refractivity contribution is 0.0831. The molecule has 0 unspecified atom stereocenters. The Bertz CT molecular complexity index is 1080. The number of aryl methyl sites for hydroxylation is 1. The molecule has 6 nitrogen and oxygen atoms in total. The second-order valence-electron chi connectivity index (χ2n) is 6.24. The lowest BCUT2D eigenvalue weighted by atomic mass is 10.1. The molecule has 0 saturated heterocycles. The highest BCUT2D eigenvalue weighted by Gasteiger charge is 2.09. The Morgan fingerprint density at radius 3 is 2.81 bits per heavy atom. The zero-order valence-electron chi connectivity index (χ0n) is 14.9. The Hall–Kier alpha value is -3.15. The minimum absolute atomic E-state index is 0.0731. The van der Waals surface area contributed by atoms with Crippen LogP contribution in [0.1, 0.15) is 24.2 Å². The number of ether oxygens (including phenoxy) is 1. The van der Waals surface area contributed by atoms with Crippen LogP contribution in [-0.4, -0.2) is 23.1 Å². The number of pyridine rings is 1. The van der Waals surface area contributed by atoms with Gasteiger partial charge >= 0.3 is 5.63 Å². The number of fused-ring (bicyclic) bond motifs is 1. The largest absolute Gasteiger partial charge is 0.484 e. The van der Waals surface area contributed by atoms with Crippen molar-refractivity contribution in [1.29, 1.82) is 0 Å². The first-order chi connectivity index (χ1) is 12.4. The van der Waals surface area contributed by atoms with Gasteiger partial charge in [-0.25, -0.2) is 4.79 Å². The van der Waals surface area contributed by atoms with E-state index in [-0.39, 0.29) is 18.6 Å². The quantitative estimate of drug-likeness (QED) is 0.677. The van der Waals surface area contributed by atoms with Gasteiger partial charge in [0.15, 0.2) is 6.61 Å². The molecule has 2 heterocycles. The SMILES string of the molecule is Cc1cc(=O)oc2cc(OCC(=O)n3ccccc3=NC(C)C)ccc12. The van der Waals surface area contributed by atoms with Gasteiger partial charge in [-0.3, -0.25) is 14.4 Å². The van der Waals surface area contributed by atoms with E-state index in [1.807, 2.05) is 32.9 Å². The number of benzene rings is 1. The van der Waals surface area contributed by atoms with Gasteiger partial charge in [0.1, 0.15) is 16.8 Å². The van der Waals surface area contributed by atoms with E-state index in [0.29, 0.717) is 16.8 Å². The summed E-state index contributed by atoms with van der Waals surface area (Å²) in [5.41, 5.74) is 1.43. The molecule has 0 fully saturated rings. The molecule has 0 amide bonds. The second-order valence-corrected chi connectivity index (χ2v) is 6.24. The van der Waals surface area contributed by atoms with E-state index in [2.05, 4.69) is 4.99 Å². The van der Waals surface area contributed by atoms with Crippen molar-refractivity contribution in [1.82, 2.24) is 4.57 Å². The van der Waals surface area contributed by atoms with E-state index in [4.69, 9.17) is 9.15 Å². The Morgan fingerprint density at radius 1 is 1.23 bits per heavy atom. The fraction of sp³-hybridized carbons (Fsp3) is 0.250. The maximum Gasteiger partial charge on any atom is 0.336 e. The number of rotatable bonds is 4. The molecule has 0 N–H and O–H groups in total. The standard InChI is InChI=1S/C20H20N2O4/c1-13(2)21-18-6-4-5-9-22(18)19(23)12-25-15-7-8-16-14(3)10-20(24)26-17(16)11-15/h4-11,13H,12H2,1-3H3. The molecular weight excluding hydrogens is 332 g/mol. The molecule has 6 heteroatoms. The predicted molar refractivity (Wildman–Crippen MR) is 98.5 cm³/mol. The van der Waals surface area contributed by atoms with Crippen molar-refractivity contribution in [2.24, 2.45) is 4.99 Å². The van der Waals surface area contributed by atoms with Gasteiger partial charge in [0.25, 0.3) is 5.91 Å². The minimum Gasteiger partial charge on any atom is -0.484 e. The molecule has 0 aliphatic rings. The van der Waals surface area contributed by atoms with Gasteiger partial charge in [0.2, 0.25) is 0 Å². The summed E-state index contributed by atoms with van der Waals surface area (Å²) in [6.07, 6.45) is 1.66. The van der Waals surface area contributed by atoms with E-state index in [0.717, 1.165) is 10.9 Å². The summed E-state index contributed by atoms with van der Waals surface area (Å²) in [7, 11) is 0. The van der Waals surface area contributed by atoms with Crippen molar-refractivity contribution in [3.63, 3.8) is 0 Å². The Morgan fingerprint density at radius 2 is 2.04 bits per heavy atom. The molecule has 0 atom stereocenters. The predicted octanol–water partition coefficient (Wildman–Crippen LogP) is 2.93. The Labute approximate surface area is 150 Å². The van der Waals surface area contributed by atoms with Crippen LogP contribution in [0.3, 0.4) is 0 Å². The molecule has 134 valence electrons. The first-order valence-corrected chi connectivity index (χ1v) is 8.36. The molecule has 2 aromatic heterocycles. The fourth-order valence-electron chi connectivity index (χ4n) is 2.62. The normalized spacial score (nSPS) is 11.9. The third-order valence-corrected chi connectivity index (χ3v) is 3.78. The van der Waals surface area contributed by atoms with Gasteiger partial charge in [-0.1, -0.05) is 6.07 Å². The molecule has 0 spiro atoms. The van der Waals surface area contributed by atoms with Crippen molar-refractivity contribution < 1.29 is 13.9 Å². The van der Waals surface area contributed by atoms with Crippen molar-refractivity contribution in [3.05, 3.63) is 70.1 Å². The van der Waals surface area contributed by atoms with Crippen LogP contribution in [0.15, 0.2) is 62.9 Å². The maximum atomic E-state index is 12.5. The number of nitrogens with zero attached hydrogens (tertiary/aromatic N) is 2.